The molecule has 2 aromatic rings. The van der Waals surface area contributed by atoms with Gasteiger partial charge in [-0.05, 0) is 13.8 Å². The lowest BCUT2D eigenvalue weighted by Gasteiger charge is -2.07. The highest BCUT2D eigenvalue weighted by atomic mass is 32.1. The van der Waals surface area contributed by atoms with Crippen molar-refractivity contribution in [3.8, 4) is 0 Å². The van der Waals surface area contributed by atoms with Crippen LogP contribution in [0.15, 0.2) is 11.6 Å². The summed E-state index contributed by atoms with van der Waals surface area (Å²) in [4.78, 5) is 27.9. The van der Waals surface area contributed by atoms with Crippen LogP contribution in [0.25, 0.3) is 4.96 Å². The molecule has 0 aliphatic heterocycles. The second kappa shape index (κ2) is 5.70. The zero-order chi connectivity index (χ0) is 13.8. The molecular weight excluding hydrogens is 268 g/mol. The lowest BCUT2D eigenvalue weighted by Crippen LogP contribution is -2.34. The molecule has 0 atom stereocenters. The summed E-state index contributed by atoms with van der Waals surface area (Å²) < 4.78 is 6.49. The van der Waals surface area contributed by atoms with Crippen LogP contribution in [0.2, 0.25) is 0 Å². The number of urea groups is 1. The molecule has 2 aromatic heterocycles. The number of rotatable bonds is 4. The minimum Gasteiger partial charge on any atom is -0.465 e. The highest BCUT2D eigenvalue weighted by molar-refractivity contribution is 7.15. The smallest absolute Gasteiger partial charge is 0.325 e. The van der Waals surface area contributed by atoms with Gasteiger partial charge in [0.05, 0.1) is 12.3 Å². The number of aryl methyl sites for hydroxylation is 1. The van der Waals surface area contributed by atoms with Gasteiger partial charge in [-0.3, -0.25) is 14.5 Å². The Kier molecular flexibility index (Phi) is 4.00. The van der Waals surface area contributed by atoms with Gasteiger partial charge >= 0.3 is 12.0 Å². The number of thiazole rings is 1. The van der Waals surface area contributed by atoms with Crippen LogP contribution >= 0.6 is 11.3 Å². The lowest BCUT2D eigenvalue weighted by atomic mass is 10.5. The van der Waals surface area contributed by atoms with Gasteiger partial charge in [-0.2, -0.15) is 0 Å². The molecule has 0 spiro atoms. The quantitative estimate of drug-likeness (QED) is 0.830. The molecule has 2 rings (SSSR count). The molecule has 0 bridgehead atoms. The van der Waals surface area contributed by atoms with E-state index >= 15 is 0 Å². The summed E-state index contributed by atoms with van der Waals surface area (Å²) in [5.41, 5.74) is 0.720. The molecule has 0 unspecified atom stereocenters. The van der Waals surface area contributed by atoms with E-state index in [1.165, 1.54) is 11.3 Å². The first-order chi connectivity index (χ1) is 9.11. The van der Waals surface area contributed by atoms with E-state index in [9.17, 15) is 9.59 Å². The molecule has 8 heteroatoms. The Balaban J connectivity index is 1.97. The number of anilines is 1. The average molecular weight is 282 g/mol. The molecule has 0 saturated heterocycles. The number of fused-ring (bicyclic) bond motifs is 1. The number of aromatic nitrogens is 2. The molecule has 0 radical (unpaired) electrons. The van der Waals surface area contributed by atoms with E-state index in [-0.39, 0.29) is 6.54 Å². The van der Waals surface area contributed by atoms with Crippen LogP contribution in [0, 0.1) is 6.92 Å². The molecule has 0 aromatic carbocycles. The minimum atomic E-state index is -0.469. The number of amides is 2. The first kappa shape index (κ1) is 13.3. The van der Waals surface area contributed by atoms with E-state index in [4.69, 9.17) is 4.74 Å². The molecule has 0 saturated carbocycles. The number of ether oxygens (including phenoxy) is 1. The average Bonchev–Trinajstić information content (AvgIpc) is 2.91. The Hall–Kier alpha value is -2.09. The Morgan fingerprint density at radius 3 is 3.05 bits per heavy atom. The van der Waals surface area contributed by atoms with Gasteiger partial charge in [0.15, 0.2) is 4.96 Å². The number of nitrogens with zero attached hydrogens (tertiary/aromatic N) is 2. The maximum Gasteiger partial charge on any atom is 0.325 e. The SMILES string of the molecule is CCOC(=O)CNC(=O)Nc1c(C)nc2sccn12. The summed E-state index contributed by atoms with van der Waals surface area (Å²) in [6.07, 6.45) is 1.82. The molecule has 0 aliphatic rings. The largest absolute Gasteiger partial charge is 0.465 e. The van der Waals surface area contributed by atoms with Crippen LogP contribution in [0.3, 0.4) is 0 Å². The summed E-state index contributed by atoms with van der Waals surface area (Å²) in [7, 11) is 0. The fourth-order valence-electron chi connectivity index (χ4n) is 1.56. The number of hydrogen-bond acceptors (Lipinski definition) is 5. The van der Waals surface area contributed by atoms with Crippen LogP contribution in [-0.4, -0.2) is 34.5 Å². The number of nitrogens with one attached hydrogen (secondary N) is 2. The van der Waals surface area contributed by atoms with E-state index in [1.807, 2.05) is 11.6 Å². The van der Waals surface area contributed by atoms with Gasteiger partial charge in [-0.15, -0.1) is 11.3 Å². The zero-order valence-electron chi connectivity index (χ0n) is 10.6. The third-order valence-electron chi connectivity index (χ3n) is 2.37. The molecule has 102 valence electrons. The van der Waals surface area contributed by atoms with Gasteiger partial charge in [-0.1, -0.05) is 0 Å². The van der Waals surface area contributed by atoms with Crippen molar-refractivity contribution < 1.29 is 14.3 Å². The van der Waals surface area contributed by atoms with E-state index in [1.54, 1.807) is 18.2 Å². The highest BCUT2D eigenvalue weighted by Gasteiger charge is 2.13. The normalized spacial score (nSPS) is 10.4. The molecule has 0 fully saturated rings. The van der Waals surface area contributed by atoms with Crippen LogP contribution < -0.4 is 10.6 Å². The van der Waals surface area contributed by atoms with Crippen molar-refractivity contribution in [3.63, 3.8) is 0 Å². The van der Waals surface area contributed by atoms with Crippen molar-refractivity contribution in [3.05, 3.63) is 17.3 Å². The van der Waals surface area contributed by atoms with Crippen LogP contribution in [0.1, 0.15) is 12.6 Å². The third kappa shape index (κ3) is 3.02. The first-order valence-electron chi connectivity index (χ1n) is 5.74. The summed E-state index contributed by atoms with van der Waals surface area (Å²) in [6, 6.07) is -0.468. The molecule has 19 heavy (non-hydrogen) atoms. The van der Waals surface area contributed by atoms with E-state index in [2.05, 4.69) is 15.6 Å². The number of imidazole rings is 1. The maximum absolute atomic E-state index is 11.7. The standard InChI is InChI=1S/C11H14N4O3S/c1-3-18-8(16)6-12-10(17)14-9-7(2)13-11-15(9)4-5-19-11/h4-5H,3,6H2,1-2H3,(H2,12,14,17). The van der Waals surface area contributed by atoms with Gasteiger partial charge in [0.1, 0.15) is 12.4 Å². The monoisotopic (exact) mass is 282 g/mol. The predicted molar refractivity (Wildman–Crippen MR) is 71.5 cm³/mol. The Morgan fingerprint density at radius 1 is 1.53 bits per heavy atom. The van der Waals surface area contributed by atoms with Crippen LogP contribution in [-0.2, 0) is 9.53 Å². The molecule has 7 nitrogen and oxygen atoms in total. The van der Waals surface area contributed by atoms with E-state index in [0.29, 0.717) is 12.4 Å². The molecule has 2 N–H and O–H groups in total. The van der Waals surface area contributed by atoms with Crippen molar-refractivity contribution in [2.75, 3.05) is 18.5 Å². The summed E-state index contributed by atoms with van der Waals surface area (Å²) >= 11 is 1.48. The maximum atomic E-state index is 11.7. The summed E-state index contributed by atoms with van der Waals surface area (Å²) in [5, 5.41) is 6.97. The van der Waals surface area contributed by atoms with Gasteiger partial charge in [0.2, 0.25) is 0 Å². The molecule has 2 heterocycles. The van der Waals surface area contributed by atoms with Gasteiger partial charge in [-0.25, -0.2) is 9.78 Å². The summed E-state index contributed by atoms with van der Waals surface area (Å²) in [5.74, 6) is 0.126. The van der Waals surface area contributed by atoms with Gasteiger partial charge < -0.3 is 10.1 Å². The van der Waals surface area contributed by atoms with Crippen molar-refractivity contribution in [1.82, 2.24) is 14.7 Å². The van der Waals surface area contributed by atoms with Crippen molar-refractivity contribution >= 4 is 34.1 Å². The van der Waals surface area contributed by atoms with Crippen LogP contribution in [0.4, 0.5) is 10.6 Å². The van der Waals surface area contributed by atoms with Crippen molar-refractivity contribution in [1.29, 1.82) is 0 Å². The fraction of sp³-hybridized carbons (Fsp3) is 0.364. The molecule has 0 aliphatic carbocycles. The second-order valence-electron chi connectivity index (χ2n) is 3.71. The first-order valence-corrected chi connectivity index (χ1v) is 6.62. The second-order valence-corrected chi connectivity index (χ2v) is 4.59. The molecular formula is C11H14N4O3S. The van der Waals surface area contributed by atoms with E-state index < -0.39 is 12.0 Å². The Bertz CT molecular complexity index is 604. The van der Waals surface area contributed by atoms with E-state index in [0.717, 1.165) is 10.7 Å². The molecule has 2 amide bonds. The zero-order valence-corrected chi connectivity index (χ0v) is 11.4. The number of carbonyl (C=O) groups excluding carboxylic acids is 2. The Morgan fingerprint density at radius 2 is 2.32 bits per heavy atom. The van der Waals surface area contributed by atoms with Gasteiger partial charge in [0, 0.05) is 11.6 Å². The third-order valence-corrected chi connectivity index (χ3v) is 3.12. The van der Waals surface area contributed by atoms with Gasteiger partial charge in [0.25, 0.3) is 0 Å². The topological polar surface area (TPSA) is 84.7 Å². The summed E-state index contributed by atoms with van der Waals surface area (Å²) in [6.45, 7) is 3.64. The van der Waals surface area contributed by atoms with Crippen molar-refractivity contribution in [2.45, 2.75) is 13.8 Å². The van der Waals surface area contributed by atoms with Crippen molar-refractivity contribution in [2.24, 2.45) is 0 Å². The number of hydrogen-bond donors (Lipinski definition) is 2. The lowest BCUT2D eigenvalue weighted by molar-refractivity contribution is -0.141. The Labute approximate surface area is 113 Å². The predicted octanol–water partition coefficient (Wildman–Crippen LogP) is 1.39. The fourth-order valence-corrected chi connectivity index (χ4v) is 2.32. The minimum absolute atomic E-state index is 0.162. The number of esters is 1. The number of carbonyl (C=O) groups is 2. The highest BCUT2D eigenvalue weighted by Crippen LogP contribution is 2.20. The van der Waals surface area contributed by atoms with Crippen LogP contribution in [0.5, 0.6) is 0 Å².